The highest BCUT2D eigenvalue weighted by Gasteiger charge is 2.29. The van der Waals surface area contributed by atoms with E-state index in [2.05, 4.69) is 55.3 Å². The molecule has 6 heteroatoms. The van der Waals surface area contributed by atoms with Crippen molar-refractivity contribution < 1.29 is 9.59 Å². The Kier molecular flexibility index (Phi) is 10.4. The maximum absolute atomic E-state index is 13.6. The molecule has 0 aliphatic carbocycles. The summed E-state index contributed by atoms with van der Waals surface area (Å²) in [5.74, 6) is -0.0747. The van der Waals surface area contributed by atoms with Crippen LogP contribution < -0.4 is 10.2 Å². The number of hydrogen-bond acceptors (Lipinski definition) is 4. The normalized spacial score (nSPS) is 14.1. The van der Waals surface area contributed by atoms with Crippen molar-refractivity contribution in [2.45, 2.75) is 51.5 Å². The van der Waals surface area contributed by atoms with Crippen LogP contribution in [-0.2, 0) is 11.3 Å². The van der Waals surface area contributed by atoms with Crippen molar-refractivity contribution in [3.05, 3.63) is 100.0 Å². The lowest BCUT2D eigenvalue weighted by Gasteiger charge is -2.30. The third kappa shape index (κ3) is 7.84. The number of benzene rings is 3. The summed E-state index contributed by atoms with van der Waals surface area (Å²) in [4.78, 5) is 32.3. The van der Waals surface area contributed by atoms with Crippen LogP contribution in [0.1, 0.15) is 60.2 Å². The van der Waals surface area contributed by atoms with Crippen molar-refractivity contribution in [3.63, 3.8) is 0 Å². The molecule has 0 saturated heterocycles. The van der Waals surface area contributed by atoms with Crippen LogP contribution in [0.15, 0.2) is 82.6 Å². The monoisotopic (exact) mass is 541 g/mol. The molecule has 39 heavy (non-hydrogen) atoms. The second-order valence-corrected chi connectivity index (χ2v) is 11.1. The molecular formula is C33H39N3O2S. The molecule has 0 bridgehead atoms. The van der Waals surface area contributed by atoms with Crippen molar-refractivity contribution in [1.82, 2.24) is 10.2 Å². The maximum Gasteiger partial charge on any atom is 0.265 e. The molecule has 2 amide bonds. The number of carbonyl (C=O) groups is 2. The number of carbonyl (C=O) groups excluding carboxylic acids is 2. The fraction of sp³-hybridized carbons (Fsp3) is 0.333. The Labute approximate surface area is 237 Å². The van der Waals surface area contributed by atoms with Crippen molar-refractivity contribution in [3.8, 4) is 0 Å². The highest BCUT2D eigenvalue weighted by atomic mass is 32.2. The number of nitrogens with zero attached hydrogens (tertiary/aromatic N) is 2. The van der Waals surface area contributed by atoms with E-state index in [9.17, 15) is 9.59 Å². The van der Waals surface area contributed by atoms with Crippen molar-refractivity contribution in [1.29, 1.82) is 0 Å². The van der Waals surface area contributed by atoms with Gasteiger partial charge in [0.05, 0.1) is 17.1 Å². The van der Waals surface area contributed by atoms with Gasteiger partial charge in [0, 0.05) is 17.0 Å². The number of fused-ring (bicyclic) bond motifs is 1. The van der Waals surface area contributed by atoms with Gasteiger partial charge in [-0.05, 0) is 80.9 Å². The molecule has 0 unspecified atom stereocenters. The molecule has 1 heterocycles. The van der Waals surface area contributed by atoms with Crippen LogP contribution in [0.4, 0.5) is 5.69 Å². The van der Waals surface area contributed by atoms with Gasteiger partial charge in [0.25, 0.3) is 11.8 Å². The van der Waals surface area contributed by atoms with Crippen LogP contribution in [-0.4, -0.2) is 42.9 Å². The summed E-state index contributed by atoms with van der Waals surface area (Å²) >= 11 is 1.50. The number of aryl methyl sites for hydroxylation is 1. The van der Waals surface area contributed by atoms with Crippen molar-refractivity contribution in [2.24, 2.45) is 0 Å². The number of thioether (sulfide) groups is 1. The molecule has 1 aliphatic heterocycles. The largest absolute Gasteiger partial charge is 0.352 e. The Morgan fingerprint density at radius 1 is 0.974 bits per heavy atom. The lowest BCUT2D eigenvalue weighted by Crippen LogP contribution is -2.33. The number of nitrogens with one attached hydrogen (secondary N) is 1. The predicted molar refractivity (Wildman–Crippen MR) is 163 cm³/mol. The third-order valence-corrected chi connectivity index (χ3v) is 8.02. The maximum atomic E-state index is 13.6. The summed E-state index contributed by atoms with van der Waals surface area (Å²) in [6.45, 7) is 10.8. The number of anilines is 1. The van der Waals surface area contributed by atoms with Gasteiger partial charge in [0.2, 0.25) is 0 Å². The second kappa shape index (κ2) is 14.2. The summed E-state index contributed by atoms with van der Waals surface area (Å²) in [6.07, 6.45) is 5.27. The van der Waals surface area contributed by atoms with Crippen LogP contribution >= 0.6 is 11.8 Å². The first-order valence-electron chi connectivity index (χ1n) is 13.9. The minimum atomic E-state index is -0.0628. The van der Waals surface area contributed by atoms with Crippen molar-refractivity contribution >= 4 is 35.3 Å². The van der Waals surface area contributed by atoms with Gasteiger partial charge in [0.1, 0.15) is 0 Å². The fourth-order valence-corrected chi connectivity index (χ4v) is 5.77. The number of hydrogen-bond donors (Lipinski definition) is 1. The van der Waals surface area contributed by atoms with E-state index in [1.165, 1.54) is 30.2 Å². The quantitative estimate of drug-likeness (QED) is 0.200. The minimum Gasteiger partial charge on any atom is -0.352 e. The molecule has 204 valence electrons. The molecule has 1 N–H and O–H groups in total. The molecular weight excluding hydrogens is 502 g/mol. The number of unbranched alkanes of at least 4 members (excludes halogenated alkanes) is 1. The van der Waals surface area contributed by atoms with Gasteiger partial charge in [0.15, 0.2) is 0 Å². The molecule has 0 radical (unpaired) electrons. The SMILES string of the molecule is CCCCN(CC)CCCNC(=O)c1ccc(/C=C2/Sc3ccccc3N(Cc3cccc(C)c3)C2=O)cc1. The highest BCUT2D eigenvalue weighted by molar-refractivity contribution is 8.04. The van der Waals surface area contributed by atoms with Gasteiger partial charge < -0.3 is 15.1 Å². The van der Waals surface area contributed by atoms with E-state index >= 15 is 0 Å². The Morgan fingerprint density at radius 3 is 2.49 bits per heavy atom. The fourth-order valence-electron chi connectivity index (χ4n) is 4.71. The minimum absolute atomic E-state index is 0.0120. The molecule has 4 rings (SSSR count). The topological polar surface area (TPSA) is 52.7 Å². The van der Waals surface area contributed by atoms with Crippen LogP contribution in [0.2, 0.25) is 0 Å². The van der Waals surface area contributed by atoms with E-state index in [1.807, 2.05) is 59.5 Å². The lowest BCUT2D eigenvalue weighted by molar-refractivity contribution is -0.114. The number of amides is 2. The van der Waals surface area contributed by atoms with E-state index in [-0.39, 0.29) is 11.8 Å². The third-order valence-electron chi connectivity index (χ3n) is 6.94. The Morgan fingerprint density at radius 2 is 1.74 bits per heavy atom. The molecule has 0 fully saturated rings. The van der Waals surface area contributed by atoms with Gasteiger partial charge >= 0.3 is 0 Å². The summed E-state index contributed by atoms with van der Waals surface area (Å²) in [5, 5.41) is 3.04. The van der Waals surface area contributed by atoms with E-state index < -0.39 is 0 Å². The van der Waals surface area contributed by atoms with E-state index in [4.69, 9.17) is 0 Å². The number of para-hydroxylation sites is 1. The zero-order valence-corrected chi connectivity index (χ0v) is 24.1. The Bertz CT molecular complexity index is 1300. The second-order valence-electron chi connectivity index (χ2n) is 9.98. The zero-order chi connectivity index (χ0) is 27.6. The number of rotatable bonds is 12. The molecule has 0 saturated carbocycles. The molecule has 3 aromatic carbocycles. The summed E-state index contributed by atoms with van der Waals surface area (Å²) in [7, 11) is 0. The lowest BCUT2D eigenvalue weighted by atomic mass is 10.1. The van der Waals surface area contributed by atoms with Gasteiger partial charge in [-0.1, -0.05) is 86.1 Å². The first-order valence-corrected chi connectivity index (χ1v) is 14.8. The molecule has 0 aromatic heterocycles. The average Bonchev–Trinajstić information content (AvgIpc) is 2.95. The molecule has 1 aliphatic rings. The van der Waals surface area contributed by atoms with Gasteiger partial charge in [-0.3, -0.25) is 9.59 Å². The highest BCUT2D eigenvalue weighted by Crippen LogP contribution is 2.42. The summed E-state index contributed by atoms with van der Waals surface area (Å²) in [5.41, 5.74) is 4.74. The molecule has 0 spiro atoms. The Balaban J connectivity index is 1.41. The average molecular weight is 542 g/mol. The van der Waals surface area contributed by atoms with E-state index in [1.54, 1.807) is 0 Å². The van der Waals surface area contributed by atoms with Crippen LogP contribution in [0.3, 0.4) is 0 Å². The van der Waals surface area contributed by atoms with Crippen LogP contribution in [0.5, 0.6) is 0 Å². The smallest absolute Gasteiger partial charge is 0.265 e. The predicted octanol–water partition coefficient (Wildman–Crippen LogP) is 6.92. The van der Waals surface area contributed by atoms with Gasteiger partial charge in [-0.25, -0.2) is 0 Å². The Hall–Kier alpha value is -3.35. The first-order chi connectivity index (χ1) is 19.0. The molecule has 5 nitrogen and oxygen atoms in total. The van der Waals surface area contributed by atoms with Crippen LogP contribution in [0, 0.1) is 6.92 Å². The summed E-state index contributed by atoms with van der Waals surface area (Å²) in [6, 6.07) is 23.8. The van der Waals surface area contributed by atoms with E-state index in [0.717, 1.165) is 47.8 Å². The summed E-state index contributed by atoms with van der Waals surface area (Å²) < 4.78 is 0. The molecule has 3 aromatic rings. The van der Waals surface area contributed by atoms with Gasteiger partial charge in [-0.2, -0.15) is 0 Å². The zero-order valence-electron chi connectivity index (χ0n) is 23.3. The standard InChI is InChI=1S/C33H39N3O2S/c1-4-6-20-35(5-2)21-10-19-34-32(37)28-17-15-26(16-18-28)23-31-33(38)36(24-27-12-9-11-25(3)22-27)29-13-7-8-14-30(29)39-31/h7-9,11-18,22-23H,4-6,10,19-21,24H2,1-3H3,(H,34,37)/b31-23+. The van der Waals surface area contributed by atoms with Gasteiger partial charge in [-0.15, -0.1) is 0 Å². The molecule has 0 atom stereocenters. The van der Waals surface area contributed by atoms with Crippen LogP contribution in [0.25, 0.3) is 6.08 Å². The first kappa shape index (κ1) is 28.7. The van der Waals surface area contributed by atoms with Crippen molar-refractivity contribution in [2.75, 3.05) is 31.1 Å². The van der Waals surface area contributed by atoms with E-state index in [0.29, 0.717) is 23.6 Å².